The summed E-state index contributed by atoms with van der Waals surface area (Å²) >= 11 is 0. The lowest BCUT2D eigenvalue weighted by Crippen LogP contribution is -2.43. The minimum Gasteiger partial charge on any atom is -0.368 e. The van der Waals surface area contributed by atoms with Gasteiger partial charge >= 0.3 is 0 Å². The predicted molar refractivity (Wildman–Crippen MR) is 64.0 cm³/mol. The lowest BCUT2D eigenvalue weighted by molar-refractivity contribution is -0.149. The highest BCUT2D eigenvalue weighted by atomic mass is 16.5. The first-order valence-corrected chi connectivity index (χ1v) is 6.26. The van der Waals surface area contributed by atoms with Crippen LogP contribution in [0.4, 0.5) is 0 Å². The van der Waals surface area contributed by atoms with Crippen LogP contribution in [0.15, 0.2) is 0 Å². The van der Waals surface area contributed by atoms with Gasteiger partial charge in [-0.05, 0) is 26.2 Å². The minimum absolute atomic E-state index is 0.126. The lowest BCUT2D eigenvalue weighted by atomic mass is 9.83. The topological polar surface area (TPSA) is 26.3 Å². The van der Waals surface area contributed by atoms with E-state index in [1.807, 2.05) is 27.7 Å². The van der Waals surface area contributed by atoms with E-state index in [4.69, 9.17) is 4.74 Å². The van der Waals surface area contributed by atoms with Crippen LogP contribution in [0, 0.1) is 5.92 Å². The van der Waals surface area contributed by atoms with Crippen molar-refractivity contribution in [2.24, 2.45) is 5.92 Å². The Balaban J connectivity index is 4.66. The summed E-state index contributed by atoms with van der Waals surface area (Å²) in [6, 6.07) is 0. The van der Waals surface area contributed by atoms with Crippen molar-refractivity contribution in [1.29, 1.82) is 0 Å². The molecule has 0 saturated heterocycles. The summed E-state index contributed by atoms with van der Waals surface area (Å²) in [5.74, 6) is 0.414. The van der Waals surface area contributed by atoms with Gasteiger partial charge in [0.05, 0.1) is 0 Å². The van der Waals surface area contributed by atoms with E-state index >= 15 is 0 Å². The summed E-state index contributed by atoms with van der Waals surface area (Å²) in [6.45, 7) is 10.8. The van der Waals surface area contributed by atoms with Crippen molar-refractivity contribution >= 4 is 5.78 Å². The Labute approximate surface area is 94.4 Å². The van der Waals surface area contributed by atoms with Gasteiger partial charge < -0.3 is 4.74 Å². The van der Waals surface area contributed by atoms with Crippen molar-refractivity contribution in [2.75, 3.05) is 6.61 Å². The molecule has 1 unspecified atom stereocenters. The first kappa shape index (κ1) is 14.6. The van der Waals surface area contributed by atoms with Crippen LogP contribution in [0.2, 0.25) is 0 Å². The van der Waals surface area contributed by atoms with Gasteiger partial charge in [0.2, 0.25) is 0 Å². The van der Waals surface area contributed by atoms with Crippen LogP contribution in [0.5, 0.6) is 0 Å². The third-order valence-corrected chi connectivity index (χ3v) is 3.18. The average molecular weight is 214 g/mol. The number of carbonyl (C=O) groups is 1. The summed E-state index contributed by atoms with van der Waals surface area (Å²) in [7, 11) is 0. The molecule has 0 radical (unpaired) electrons. The molecule has 0 rings (SSSR count). The van der Waals surface area contributed by atoms with Gasteiger partial charge in [0.1, 0.15) is 5.60 Å². The molecule has 0 saturated carbocycles. The van der Waals surface area contributed by atoms with E-state index in [-0.39, 0.29) is 11.7 Å². The van der Waals surface area contributed by atoms with Crippen LogP contribution in [-0.4, -0.2) is 18.0 Å². The van der Waals surface area contributed by atoms with Gasteiger partial charge in [0.15, 0.2) is 5.78 Å². The first-order chi connectivity index (χ1) is 7.07. The summed E-state index contributed by atoms with van der Waals surface area (Å²) in [5.41, 5.74) is -0.524. The molecular weight excluding hydrogens is 188 g/mol. The molecule has 15 heavy (non-hydrogen) atoms. The molecule has 0 heterocycles. The summed E-state index contributed by atoms with van der Waals surface area (Å²) in [6.07, 6.45) is 3.59. The minimum atomic E-state index is -0.524. The van der Waals surface area contributed by atoms with Crippen molar-refractivity contribution in [3.8, 4) is 0 Å². The average Bonchev–Trinajstić information content (AvgIpc) is 2.25. The number of ether oxygens (including phenoxy) is 1. The van der Waals surface area contributed by atoms with E-state index in [2.05, 4.69) is 6.92 Å². The van der Waals surface area contributed by atoms with Gasteiger partial charge in [-0.15, -0.1) is 0 Å². The molecule has 0 aromatic rings. The summed E-state index contributed by atoms with van der Waals surface area (Å²) in [4.78, 5) is 12.3. The van der Waals surface area contributed by atoms with Crippen LogP contribution < -0.4 is 0 Å². The molecule has 0 amide bonds. The van der Waals surface area contributed by atoms with Crippen molar-refractivity contribution in [3.05, 3.63) is 0 Å². The molecule has 0 aliphatic rings. The molecular formula is C13H26O2. The summed E-state index contributed by atoms with van der Waals surface area (Å²) < 4.78 is 5.71. The Kier molecular flexibility index (Phi) is 6.82. The zero-order chi connectivity index (χ0) is 11.9. The maximum Gasteiger partial charge on any atom is 0.167 e. The number of carbonyl (C=O) groups excluding carboxylic acids is 1. The van der Waals surface area contributed by atoms with Crippen LogP contribution in [0.3, 0.4) is 0 Å². The van der Waals surface area contributed by atoms with E-state index in [0.717, 1.165) is 25.7 Å². The highest BCUT2D eigenvalue weighted by molar-refractivity contribution is 5.89. The SMILES string of the molecule is CCCC(C)C(=O)C(CC)(CC)OCC. The quantitative estimate of drug-likeness (QED) is 0.617. The van der Waals surface area contributed by atoms with Crippen molar-refractivity contribution in [3.63, 3.8) is 0 Å². The van der Waals surface area contributed by atoms with Gasteiger partial charge in [-0.2, -0.15) is 0 Å². The van der Waals surface area contributed by atoms with Gasteiger partial charge in [0, 0.05) is 12.5 Å². The third-order valence-electron chi connectivity index (χ3n) is 3.18. The Morgan fingerprint density at radius 2 is 1.73 bits per heavy atom. The van der Waals surface area contributed by atoms with Gasteiger partial charge in [-0.3, -0.25) is 4.79 Å². The zero-order valence-electron chi connectivity index (χ0n) is 10.9. The molecule has 90 valence electrons. The Bertz CT molecular complexity index is 183. The van der Waals surface area contributed by atoms with E-state index < -0.39 is 5.60 Å². The fourth-order valence-corrected chi connectivity index (χ4v) is 2.16. The predicted octanol–water partition coefficient (Wildman–Crippen LogP) is 3.59. The molecule has 0 N–H and O–H groups in total. The number of rotatable bonds is 8. The molecule has 0 aromatic carbocycles. The molecule has 0 aliphatic heterocycles. The molecule has 1 atom stereocenters. The second kappa shape index (κ2) is 7.00. The zero-order valence-corrected chi connectivity index (χ0v) is 10.9. The number of hydrogen-bond donors (Lipinski definition) is 0. The highest BCUT2D eigenvalue weighted by Crippen LogP contribution is 2.27. The van der Waals surface area contributed by atoms with E-state index in [1.165, 1.54) is 0 Å². The lowest BCUT2D eigenvalue weighted by Gasteiger charge is -2.32. The molecule has 2 heteroatoms. The van der Waals surface area contributed by atoms with Crippen molar-refractivity contribution in [2.45, 2.75) is 65.9 Å². The van der Waals surface area contributed by atoms with Crippen LogP contribution in [-0.2, 0) is 9.53 Å². The number of ketones is 1. The van der Waals surface area contributed by atoms with Crippen molar-refractivity contribution in [1.82, 2.24) is 0 Å². The van der Waals surface area contributed by atoms with E-state index in [0.29, 0.717) is 6.61 Å². The van der Waals surface area contributed by atoms with Crippen LogP contribution in [0.25, 0.3) is 0 Å². The monoisotopic (exact) mass is 214 g/mol. The van der Waals surface area contributed by atoms with Crippen LogP contribution >= 0.6 is 0 Å². The second-order valence-electron chi connectivity index (χ2n) is 4.19. The van der Waals surface area contributed by atoms with Gasteiger partial charge in [0.25, 0.3) is 0 Å². The highest BCUT2D eigenvalue weighted by Gasteiger charge is 2.37. The van der Waals surface area contributed by atoms with E-state index in [9.17, 15) is 4.79 Å². The normalized spacial score (nSPS) is 13.9. The fraction of sp³-hybridized carbons (Fsp3) is 0.923. The summed E-state index contributed by atoms with van der Waals surface area (Å²) in [5, 5.41) is 0. The molecule has 0 aromatic heterocycles. The largest absolute Gasteiger partial charge is 0.368 e. The molecule has 0 bridgehead atoms. The first-order valence-electron chi connectivity index (χ1n) is 6.26. The Morgan fingerprint density at radius 3 is 2.07 bits per heavy atom. The van der Waals surface area contributed by atoms with Crippen LogP contribution in [0.1, 0.15) is 60.3 Å². The smallest absolute Gasteiger partial charge is 0.167 e. The second-order valence-corrected chi connectivity index (χ2v) is 4.19. The van der Waals surface area contributed by atoms with Gasteiger partial charge in [-0.25, -0.2) is 0 Å². The number of hydrogen-bond acceptors (Lipinski definition) is 2. The fourth-order valence-electron chi connectivity index (χ4n) is 2.16. The third kappa shape index (κ3) is 3.60. The standard InChI is InChI=1S/C13H26O2/c1-6-10-11(5)12(14)13(7-2,8-3)15-9-4/h11H,6-10H2,1-5H3. The Hall–Kier alpha value is -0.370. The number of Topliss-reactive ketones (excluding diaryl/α,β-unsaturated/α-hetero) is 1. The van der Waals surface area contributed by atoms with Crippen molar-refractivity contribution < 1.29 is 9.53 Å². The molecule has 0 fully saturated rings. The molecule has 0 spiro atoms. The maximum atomic E-state index is 12.3. The molecule has 2 nitrogen and oxygen atoms in total. The maximum absolute atomic E-state index is 12.3. The molecule has 0 aliphatic carbocycles. The van der Waals surface area contributed by atoms with Gasteiger partial charge in [-0.1, -0.05) is 34.1 Å². The van der Waals surface area contributed by atoms with E-state index in [1.54, 1.807) is 0 Å². The Morgan fingerprint density at radius 1 is 1.20 bits per heavy atom.